The summed E-state index contributed by atoms with van der Waals surface area (Å²) in [5, 5.41) is 0. The van der Waals surface area contributed by atoms with Gasteiger partial charge in [0.05, 0.1) is 0 Å². The van der Waals surface area contributed by atoms with Crippen LogP contribution in [0.25, 0.3) is 0 Å². The molecule has 1 fully saturated rings. The van der Waals surface area contributed by atoms with Crippen molar-refractivity contribution in [3.63, 3.8) is 0 Å². The van der Waals surface area contributed by atoms with Gasteiger partial charge in [-0.05, 0) is 25.0 Å². The molecule has 1 saturated carbocycles. The molecule has 0 heterocycles. The Kier molecular flexibility index (Phi) is 3.97. The minimum Gasteiger partial charge on any atom is -0.487 e. The smallest absolute Gasteiger partial charge is 0.169 e. The summed E-state index contributed by atoms with van der Waals surface area (Å²) < 4.78 is 24.3. The third kappa shape index (κ3) is 2.70. The number of rotatable bonds is 5. The Morgan fingerprint density at radius 3 is 2.83 bits per heavy atom. The van der Waals surface area contributed by atoms with Gasteiger partial charge in [-0.2, -0.15) is 0 Å². The number of carbonyl (C=O) groups is 1. The lowest BCUT2D eigenvalue weighted by Crippen LogP contribution is -2.52. The van der Waals surface area contributed by atoms with Crippen molar-refractivity contribution in [3.05, 3.63) is 29.6 Å². The Balaban J connectivity index is 1.96. The molecule has 1 aliphatic carbocycles. The lowest BCUT2D eigenvalue weighted by Gasteiger charge is -2.34. The van der Waals surface area contributed by atoms with Crippen molar-refractivity contribution in [1.29, 1.82) is 0 Å². The number of ketones is 1. The summed E-state index contributed by atoms with van der Waals surface area (Å²) in [6, 6.07) is 4.71. The highest BCUT2D eigenvalue weighted by Gasteiger charge is 2.42. The van der Waals surface area contributed by atoms with Crippen molar-refractivity contribution < 1.29 is 18.7 Å². The van der Waals surface area contributed by atoms with Crippen molar-refractivity contribution in [3.8, 4) is 5.75 Å². The van der Waals surface area contributed by atoms with Crippen molar-refractivity contribution in [1.82, 2.24) is 0 Å². The van der Waals surface area contributed by atoms with E-state index in [9.17, 15) is 9.18 Å². The first-order valence-corrected chi connectivity index (χ1v) is 6.19. The van der Waals surface area contributed by atoms with E-state index in [1.54, 1.807) is 19.1 Å². The minimum atomic E-state index is -0.491. The summed E-state index contributed by atoms with van der Waals surface area (Å²) >= 11 is 0. The summed E-state index contributed by atoms with van der Waals surface area (Å²) in [4.78, 5) is 11.4. The Morgan fingerprint density at radius 2 is 2.22 bits per heavy atom. The van der Waals surface area contributed by atoms with Gasteiger partial charge in [0.1, 0.15) is 17.7 Å². The fraction of sp³-hybridized carbons (Fsp3) is 0.500. The van der Waals surface area contributed by atoms with Gasteiger partial charge in [-0.1, -0.05) is 13.0 Å². The molecule has 3 nitrogen and oxygen atoms in total. The van der Waals surface area contributed by atoms with Gasteiger partial charge in [-0.15, -0.1) is 0 Å². The van der Waals surface area contributed by atoms with Crippen LogP contribution in [0.1, 0.15) is 25.3 Å². The average molecular weight is 252 g/mol. The molecule has 0 aromatic heterocycles. The van der Waals surface area contributed by atoms with Gasteiger partial charge in [0.2, 0.25) is 0 Å². The van der Waals surface area contributed by atoms with E-state index in [0.717, 1.165) is 6.42 Å². The standard InChI is InChI=1S/C14H17FO3/c1-3-6-17-14-12(16)8-13(14)18-10-5-4-9(2)11(15)7-10/h4-5,7,13-14H,3,6,8H2,1-2H3. The van der Waals surface area contributed by atoms with Crippen molar-refractivity contribution in [2.75, 3.05) is 6.61 Å². The number of aryl methyl sites for hydroxylation is 1. The largest absolute Gasteiger partial charge is 0.487 e. The average Bonchev–Trinajstić information content (AvgIpc) is 2.33. The monoisotopic (exact) mass is 252 g/mol. The van der Waals surface area contributed by atoms with Crippen molar-refractivity contribution in [2.45, 2.75) is 38.9 Å². The van der Waals surface area contributed by atoms with Gasteiger partial charge in [-0.3, -0.25) is 4.79 Å². The van der Waals surface area contributed by atoms with Gasteiger partial charge >= 0.3 is 0 Å². The molecular weight excluding hydrogens is 235 g/mol. The molecule has 1 aromatic rings. The number of hydrogen-bond donors (Lipinski definition) is 0. The highest BCUT2D eigenvalue weighted by atomic mass is 19.1. The Hall–Kier alpha value is -1.42. The molecule has 0 amide bonds. The molecule has 0 saturated heterocycles. The van der Waals surface area contributed by atoms with Crippen LogP contribution in [-0.2, 0) is 9.53 Å². The zero-order valence-corrected chi connectivity index (χ0v) is 10.6. The normalized spacial score (nSPS) is 22.7. The number of Topliss-reactive ketones (excluding diaryl/α,β-unsaturated/α-hetero) is 1. The third-order valence-electron chi connectivity index (χ3n) is 2.99. The highest BCUT2D eigenvalue weighted by Crippen LogP contribution is 2.26. The van der Waals surface area contributed by atoms with Crippen LogP contribution in [0, 0.1) is 12.7 Å². The molecule has 0 spiro atoms. The van der Waals surface area contributed by atoms with Crippen molar-refractivity contribution >= 4 is 5.78 Å². The molecule has 4 heteroatoms. The van der Waals surface area contributed by atoms with Crippen LogP contribution in [-0.4, -0.2) is 24.6 Å². The number of halogens is 1. The molecule has 0 aliphatic heterocycles. The second-order valence-electron chi connectivity index (χ2n) is 4.53. The molecule has 0 bridgehead atoms. The summed E-state index contributed by atoms with van der Waals surface area (Å²) in [5.41, 5.74) is 0.575. The van der Waals surface area contributed by atoms with Gasteiger partial charge in [0.15, 0.2) is 11.9 Å². The summed E-state index contributed by atoms with van der Waals surface area (Å²) in [7, 11) is 0. The first kappa shape index (κ1) is 13.0. The first-order valence-electron chi connectivity index (χ1n) is 6.19. The van der Waals surface area contributed by atoms with E-state index in [4.69, 9.17) is 9.47 Å². The van der Waals surface area contributed by atoms with Gasteiger partial charge < -0.3 is 9.47 Å². The van der Waals surface area contributed by atoms with E-state index in [1.807, 2.05) is 6.92 Å². The molecule has 98 valence electrons. The van der Waals surface area contributed by atoms with E-state index < -0.39 is 6.10 Å². The number of hydrogen-bond acceptors (Lipinski definition) is 3. The van der Waals surface area contributed by atoms with Crippen LogP contribution in [0.4, 0.5) is 4.39 Å². The van der Waals surface area contributed by atoms with Crippen LogP contribution in [0.2, 0.25) is 0 Å². The van der Waals surface area contributed by atoms with Crippen LogP contribution >= 0.6 is 0 Å². The number of carbonyl (C=O) groups excluding carboxylic acids is 1. The van der Waals surface area contributed by atoms with E-state index in [0.29, 0.717) is 24.3 Å². The number of ether oxygens (including phenoxy) is 2. The van der Waals surface area contributed by atoms with Crippen LogP contribution in [0.5, 0.6) is 5.75 Å². The molecule has 0 N–H and O–H groups in total. The molecule has 2 atom stereocenters. The van der Waals surface area contributed by atoms with Crippen LogP contribution in [0.15, 0.2) is 18.2 Å². The topological polar surface area (TPSA) is 35.5 Å². The van der Waals surface area contributed by atoms with Crippen LogP contribution < -0.4 is 4.74 Å². The fourth-order valence-electron chi connectivity index (χ4n) is 1.84. The quantitative estimate of drug-likeness (QED) is 0.808. The predicted octanol–water partition coefficient (Wildman–Crippen LogP) is 2.65. The van der Waals surface area contributed by atoms with E-state index in [2.05, 4.69) is 0 Å². The van der Waals surface area contributed by atoms with Crippen molar-refractivity contribution in [2.24, 2.45) is 0 Å². The maximum Gasteiger partial charge on any atom is 0.169 e. The summed E-state index contributed by atoms with van der Waals surface area (Å²) in [6.07, 6.45) is 0.417. The van der Waals surface area contributed by atoms with Gasteiger partial charge in [-0.25, -0.2) is 4.39 Å². The Labute approximate surface area is 106 Å². The molecule has 0 radical (unpaired) electrons. The van der Waals surface area contributed by atoms with Crippen LogP contribution in [0.3, 0.4) is 0 Å². The van der Waals surface area contributed by atoms with Gasteiger partial charge in [0.25, 0.3) is 0 Å². The van der Waals surface area contributed by atoms with Gasteiger partial charge in [0, 0.05) is 19.1 Å². The first-order chi connectivity index (χ1) is 8.61. The third-order valence-corrected chi connectivity index (χ3v) is 2.99. The SMILES string of the molecule is CCCOC1C(=O)CC1Oc1ccc(C)c(F)c1. The molecule has 18 heavy (non-hydrogen) atoms. The molecular formula is C14H17FO3. The molecule has 1 aromatic carbocycles. The fourth-order valence-corrected chi connectivity index (χ4v) is 1.84. The Morgan fingerprint density at radius 1 is 1.44 bits per heavy atom. The Bertz CT molecular complexity index is 445. The second kappa shape index (κ2) is 5.48. The summed E-state index contributed by atoms with van der Waals surface area (Å²) in [6.45, 7) is 4.21. The van der Waals surface area contributed by atoms with E-state index in [1.165, 1.54) is 6.07 Å². The second-order valence-corrected chi connectivity index (χ2v) is 4.53. The van der Waals surface area contributed by atoms with E-state index >= 15 is 0 Å². The highest BCUT2D eigenvalue weighted by molar-refractivity contribution is 5.90. The minimum absolute atomic E-state index is 0.0565. The maximum absolute atomic E-state index is 13.3. The molecule has 2 rings (SSSR count). The predicted molar refractivity (Wildman–Crippen MR) is 65.2 cm³/mol. The summed E-state index contributed by atoms with van der Waals surface area (Å²) in [5.74, 6) is 0.200. The lowest BCUT2D eigenvalue weighted by molar-refractivity contribution is -0.154. The zero-order valence-electron chi connectivity index (χ0n) is 10.6. The number of benzene rings is 1. The maximum atomic E-state index is 13.3. The molecule has 2 unspecified atom stereocenters. The zero-order chi connectivity index (χ0) is 13.1. The lowest BCUT2D eigenvalue weighted by atomic mass is 9.90. The van der Waals surface area contributed by atoms with E-state index in [-0.39, 0.29) is 17.7 Å². The molecule has 1 aliphatic rings.